The minimum Gasteiger partial charge on any atom is -0.309 e. The molecule has 1 aromatic heterocycles. The number of rotatable bonds is 4. The summed E-state index contributed by atoms with van der Waals surface area (Å²) in [5.41, 5.74) is 1.64. The van der Waals surface area contributed by atoms with Crippen molar-refractivity contribution in [1.82, 2.24) is 5.32 Å². The van der Waals surface area contributed by atoms with Crippen LogP contribution in [0.3, 0.4) is 0 Å². The van der Waals surface area contributed by atoms with Crippen molar-refractivity contribution in [3.63, 3.8) is 0 Å². The molecule has 2 atom stereocenters. The zero-order valence-corrected chi connectivity index (χ0v) is 12.8. The molecule has 3 rings (SSSR count). The average Bonchev–Trinajstić information content (AvgIpc) is 2.90. The van der Waals surface area contributed by atoms with E-state index in [1.807, 2.05) is 0 Å². The molecule has 1 N–H and O–H groups in total. The molecule has 2 heteroatoms. The van der Waals surface area contributed by atoms with Crippen LogP contribution in [0.4, 0.5) is 0 Å². The van der Waals surface area contributed by atoms with E-state index in [0.717, 1.165) is 5.92 Å². The van der Waals surface area contributed by atoms with Crippen LogP contribution in [0.5, 0.6) is 0 Å². The molecule has 0 saturated heterocycles. The summed E-state index contributed by atoms with van der Waals surface area (Å²) >= 11 is 2.05. The lowest BCUT2D eigenvalue weighted by molar-refractivity contribution is 0.417. The van der Waals surface area contributed by atoms with Crippen LogP contribution >= 0.6 is 11.3 Å². The van der Waals surface area contributed by atoms with Gasteiger partial charge in [0, 0.05) is 15.8 Å². The van der Waals surface area contributed by atoms with Gasteiger partial charge in [0.1, 0.15) is 0 Å². The van der Waals surface area contributed by atoms with Crippen LogP contribution < -0.4 is 5.32 Å². The number of aryl methyl sites for hydroxylation is 2. The Kier molecular flexibility index (Phi) is 4.39. The van der Waals surface area contributed by atoms with Crippen molar-refractivity contribution in [2.75, 3.05) is 6.54 Å². The van der Waals surface area contributed by atoms with Gasteiger partial charge in [0.15, 0.2) is 0 Å². The molecule has 2 aliphatic carbocycles. The maximum absolute atomic E-state index is 3.75. The van der Waals surface area contributed by atoms with Crippen LogP contribution in [0.25, 0.3) is 0 Å². The van der Waals surface area contributed by atoms with E-state index in [4.69, 9.17) is 0 Å². The Balaban J connectivity index is 1.56. The predicted octanol–water partition coefficient (Wildman–Crippen LogP) is 4.63. The number of nitrogens with one attached hydrogen (secondary N) is 1. The summed E-state index contributed by atoms with van der Waals surface area (Å²) in [6.45, 7) is 3.50. The molecule has 19 heavy (non-hydrogen) atoms. The van der Waals surface area contributed by atoms with Crippen molar-refractivity contribution in [1.29, 1.82) is 0 Å². The van der Waals surface area contributed by atoms with Crippen LogP contribution in [0.2, 0.25) is 0 Å². The molecule has 0 amide bonds. The standard InChI is InChI=1S/C17H25NS/c1-13(18-12-14-7-3-2-4-8-14)17-11-15-9-5-6-10-16(15)19-17/h2-3,11,13-14,18H,4-10,12H2,1H3. The van der Waals surface area contributed by atoms with Crippen molar-refractivity contribution >= 4 is 11.3 Å². The zero-order valence-electron chi connectivity index (χ0n) is 12.0. The molecule has 0 bridgehead atoms. The topological polar surface area (TPSA) is 12.0 Å². The quantitative estimate of drug-likeness (QED) is 0.790. The van der Waals surface area contributed by atoms with E-state index in [0.29, 0.717) is 6.04 Å². The fraction of sp³-hybridized carbons (Fsp3) is 0.647. The first-order chi connectivity index (χ1) is 9.33. The average molecular weight is 275 g/mol. The second kappa shape index (κ2) is 6.23. The van der Waals surface area contributed by atoms with E-state index in [9.17, 15) is 0 Å². The van der Waals surface area contributed by atoms with E-state index in [-0.39, 0.29) is 0 Å². The normalized spacial score (nSPS) is 24.2. The molecule has 0 fully saturated rings. The Bertz CT molecular complexity index is 423. The van der Waals surface area contributed by atoms with Gasteiger partial charge in [-0.25, -0.2) is 0 Å². The Morgan fingerprint density at radius 3 is 3.00 bits per heavy atom. The SMILES string of the molecule is CC(NCC1CC=CCC1)c1cc2c(s1)CCCC2. The minimum absolute atomic E-state index is 0.529. The second-order valence-corrected chi connectivity index (χ2v) is 7.25. The van der Waals surface area contributed by atoms with Crippen LogP contribution in [0, 0.1) is 5.92 Å². The van der Waals surface area contributed by atoms with E-state index in [1.165, 1.54) is 51.5 Å². The largest absolute Gasteiger partial charge is 0.309 e. The van der Waals surface area contributed by atoms with E-state index in [2.05, 4.69) is 41.8 Å². The van der Waals surface area contributed by atoms with Crippen LogP contribution in [0.15, 0.2) is 18.2 Å². The molecule has 1 heterocycles. The summed E-state index contributed by atoms with van der Waals surface area (Å²) in [6, 6.07) is 3.00. The summed E-state index contributed by atoms with van der Waals surface area (Å²) in [5.74, 6) is 0.849. The van der Waals surface area contributed by atoms with Crippen LogP contribution in [-0.4, -0.2) is 6.54 Å². The van der Waals surface area contributed by atoms with E-state index in [1.54, 1.807) is 15.3 Å². The molecule has 0 radical (unpaired) electrons. The van der Waals surface area contributed by atoms with Crippen LogP contribution in [0.1, 0.15) is 60.4 Å². The molecule has 0 aromatic carbocycles. The highest BCUT2D eigenvalue weighted by Crippen LogP contribution is 2.33. The molecule has 104 valence electrons. The lowest BCUT2D eigenvalue weighted by Crippen LogP contribution is -2.25. The van der Waals surface area contributed by atoms with Gasteiger partial charge in [-0.05, 0) is 76.0 Å². The number of thiophene rings is 1. The second-order valence-electron chi connectivity index (χ2n) is 6.08. The summed E-state index contributed by atoms with van der Waals surface area (Å²) in [7, 11) is 0. The fourth-order valence-corrected chi connectivity index (χ4v) is 4.50. The third-order valence-corrected chi connectivity index (χ3v) is 5.95. The monoisotopic (exact) mass is 275 g/mol. The van der Waals surface area contributed by atoms with Gasteiger partial charge in [-0.3, -0.25) is 0 Å². The number of hydrogen-bond donors (Lipinski definition) is 1. The highest BCUT2D eigenvalue weighted by Gasteiger charge is 2.17. The summed E-state index contributed by atoms with van der Waals surface area (Å²) in [6.07, 6.45) is 14.0. The first-order valence-corrected chi connectivity index (χ1v) is 8.64. The fourth-order valence-electron chi connectivity index (χ4n) is 3.21. The smallest absolute Gasteiger partial charge is 0.0386 e. The lowest BCUT2D eigenvalue weighted by Gasteiger charge is -2.20. The van der Waals surface area contributed by atoms with Crippen LogP contribution in [-0.2, 0) is 12.8 Å². The molecule has 0 saturated carbocycles. The molecule has 2 aliphatic rings. The number of hydrogen-bond acceptors (Lipinski definition) is 2. The molecule has 1 aromatic rings. The molecular weight excluding hydrogens is 250 g/mol. The third kappa shape index (κ3) is 3.29. The van der Waals surface area contributed by atoms with Crippen molar-refractivity contribution in [2.45, 2.75) is 57.9 Å². The van der Waals surface area contributed by atoms with Gasteiger partial charge in [-0.2, -0.15) is 0 Å². The lowest BCUT2D eigenvalue weighted by atomic mass is 9.94. The highest BCUT2D eigenvalue weighted by atomic mass is 32.1. The summed E-state index contributed by atoms with van der Waals surface area (Å²) in [5, 5.41) is 3.75. The highest BCUT2D eigenvalue weighted by molar-refractivity contribution is 7.12. The molecule has 2 unspecified atom stereocenters. The van der Waals surface area contributed by atoms with Gasteiger partial charge in [0.25, 0.3) is 0 Å². The number of fused-ring (bicyclic) bond motifs is 1. The Labute approximate surface area is 121 Å². The minimum atomic E-state index is 0.529. The first-order valence-electron chi connectivity index (χ1n) is 7.83. The summed E-state index contributed by atoms with van der Waals surface area (Å²) in [4.78, 5) is 3.22. The Morgan fingerprint density at radius 2 is 2.21 bits per heavy atom. The molecule has 0 spiro atoms. The van der Waals surface area contributed by atoms with E-state index >= 15 is 0 Å². The van der Waals surface area contributed by atoms with Crippen molar-refractivity contribution in [2.24, 2.45) is 5.92 Å². The first kappa shape index (κ1) is 13.4. The maximum atomic E-state index is 3.75. The third-order valence-electron chi connectivity index (χ3n) is 4.53. The van der Waals surface area contributed by atoms with Crippen molar-refractivity contribution in [3.8, 4) is 0 Å². The van der Waals surface area contributed by atoms with Crippen molar-refractivity contribution < 1.29 is 0 Å². The number of allylic oxidation sites excluding steroid dienone is 2. The maximum Gasteiger partial charge on any atom is 0.0386 e. The Hall–Kier alpha value is -0.600. The Morgan fingerprint density at radius 1 is 1.32 bits per heavy atom. The van der Waals surface area contributed by atoms with Gasteiger partial charge in [0.2, 0.25) is 0 Å². The van der Waals surface area contributed by atoms with E-state index < -0.39 is 0 Å². The van der Waals surface area contributed by atoms with Gasteiger partial charge in [0.05, 0.1) is 0 Å². The molecular formula is C17H25NS. The van der Waals surface area contributed by atoms with Crippen molar-refractivity contribution in [3.05, 3.63) is 33.5 Å². The predicted molar refractivity (Wildman–Crippen MR) is 83.9 cm³/mol. The summed E-state index contributed by atoms with van der Waals surface area (Å²) < 4.78 is 0. The molecule has 1 nitrogen and oxygen atoms in total. The van der Waals surface area contributed by atoms with Gasteiger partial charge < -0.3 is 5.32 Å². The van der Waals surface area contributed by atoms with Gasteiger partial charge >= 0.3 is 0 Å². The van der Waals surface area contributed by atoms with Gasteiger partial charge in [-0.1, -0.05) is 12.2 Å². The zero-order chi connectivity index (χ0) is 13.1. The van der Waals surface area contributed by atoms with Gasteiger partial charge in [-0.15, -0.1) is 11.3 Å². The molecule has 0 aliphatic heterocycles.